The van der Waals surface area contributed by atoms with Crippen LogP contribution in [0.3, 0.4) is 0 Å². The van der Waals surface area contributed by atoms with E-state index in [4.69, 9.17) is 9.84 Å². The summed E-state index contributed by atoms with van der Waals surface area (Å²) in [6.45, 7) is 4.37. The van der Waals surface area contributed by atoms with Gasteiger partial charge in [-0.2, -0.15) is 0 Å². The first-order valence-electron chi connectivity index (χ1n) is 5.28. The molecule has 1 aliphatic heterocycles. The molecule has 4 nitrogen and oxygen atoms in total. The highest BCUT2D eigenvalue weighted by molar-refractivity contribution is 6.19. The molecule has 0 atom stereocenters. The Hall–Kier alpha value is -2.10. The predicted molar refractivity (Wildman–Crippen MR) is 63.9 cm³/mol. The van der Waals surface area contributed by atoms with Gasteiger partial charge >= 0.3 is 5.97 Å². The lowest BCUT2D eigenvalue weighted by atomic mass is 10.1. The lowest BCUT2D eigenvalue weighted by molar-refractivity contribution is -0.132. The fraction of sp³-hybridized carbons (Fsp3) is 0.231. The molecule has 0 aromatic heterocycles. The average molecular weight is 231 g/mol. The number of aliphatic carboxylic acids is 1. The van der Waals surface area contributed by atoms with Gasteiger partial charge in [-0.3, -0.25) is 0 Å². The highest BCUT2D eigenvalue weighted by atomic mass is 16.5. The van der Waals surface area contributed by atoms with E-state index in [1.54, 1.807) is 0 Å². The molecule has 0 saturated carbocycles. The molecule has 17 heavy (non-hydrogen) atoms. The summed E-state index contributed by atoms with van der Waals surface area (Å²) in [5.74, 6) is -0.798. The first-order valence-corrected chi connectivity index (χ1v) is 5.28. The Morgan fingerprint density at radius 3 is 2.71 bits per heavy atom. The van der Waals surface area contributed by atoms with Crippen LogP contribution >= 0.6 is 0 Å². The number of carbonyl (C=O) groups is 1. The van der Waals surface area contributed by atoms with Gasteiger partial charge in [0.25, 0.3) is 0 Å². The van der Waals surface area contributed by atoms with E-state index in [-0.39, 0.29) is 11.5 Å². The van der Waals surface area contributed by atoms with Crippen molar-refractivity contribution < 1.29 is 14.6 Å². The minimum Gasteiger partial charge on any atom is -0.477 e. The molecule has 1 aromatic rings. The molecule has 0 bridgehead atoms. The van der Waals surface area contributed by atoms with E-state index in [0.29, 0.717) is 6.61 Å². The van der Waals surface area contributed by atoms with Crippen molar-refractivity contribution in [2.45, 2.75) is 20.5 Å². The first kappa shape index (κ1) is 11.4. The fourth-order valence-corrected chi connectivity index (χ4v) is 1.60. The Morgan fingerprint density at radius 1 is 1.41 bits per heavy atom. The van der Waals surface area contributed by atoms with Crippen LogP contribution in [-0.4, -0.2) is 17.0 Å². The third-order valence-corrected chi connectivity index (χ3v) is 2.63. The van der Waals surface area contributed by atoms with Gasteiger partial charge in [0, 0.05) is 0 Å². The number of aliphatic imine (C=N–C) groups is 1. The molecule has 0 amide bonds. The average Bonchev–Trinajstić information content (AvgIpc) is 2.18. The van der Waals surface area contributed by atoms with Gasteiger partial charge in [-0.05, 0) is 25.0 Å². The minimum absolute atomic E-state index is 0.134. The van der Waals surface area contributed by atoms with Crippen LogP contribution in [0.15, 0.2) is 35.0 Å². The van der Waals surface area contributed by atoms with Crippen LogP contribution in [0.2, 0.25) is 0 Å². The topological polar surface area (TPSA) is 58.9 Å². The van der Waals surface area contributed by atoms with Crippen molar-refractivity contribution in [3.63, 3.8) is 0 Å². The third-order valence-electron chi connectivity index (χ3n) is 2.63. The van der Waals surface area contributed by atoms with Crippen molar-refractivity contribution >= 4 is 11.9 Å². The van der Waals surface area contributed by atoms with Crippen LogP contribution in [0.25, 0.3) is 0 Å². The molecule has 0 aliphatic carbocycles. The van der Waals surface area contributed by atoms with E-state index in [9.17, 15) is 4.79 Å². The summed E-state index contributed by atoms with van der Waals surface area (Å²) in [6.07, 6.45) is 1.29. The Labute approximate surface area is 99.3 Å². The highest BCUT2D eigenvalue weighted by Crippen LogP contribution is 2.16. The number of benzene rings is 1. The maximum Gasteiger partial charge on any atom is 0.342 e. The van der Waals surface area contributed by atoms with E-state index in [1.165, 1.54) is 11.8 Å². The normalized spacial score (nSPS) is 13.5. The van der Waals surface area contributed by atoms with E-state index in [2.05, 4.69) is 11.1 Å². The van der Waals surface area contributed by atoms with Crippen molar-refractivity contribution in [1.82, 2.24) is 0 Å². The number of carboxylic acids is 1. The fourth-order valence-electron chi connectivity index (χ4n) is 1.60. The molecule has 1 N–H and O–H groups in total. The van der Waals surface area contributed by atoms with Crippen LogP contribution in [0.5, 0.6) is 0 Å². The van der Waals surface area contributed by atoms with Gasteiger partial charge < -0.3 is 9.84 Å². The van der Waals surface area contributed by atoms with E-state index in [0.717, 1.165) is 11.1 Å². The van der Waals surface area contributed by atoms with Crippen LogP contribution in [0.1, 0.15) is 16.7 Å². The smallest absolute Gasteiger partial charge is 0.342 e. The van der Waals surface area contributed by atoms with Crippen molar-refractivity contribution in [3.05, 3.63) is 46.7 Å². The van der Waals surface area contributed by atoms with Gasteiger partial charge in [0.15, 0.2) is 0 Å². The van der Waals surface area contributed by atoms with Gasteiger partial charge in [0.2, 0.25) is 5.90 Å². The molecule has 0 spiro atoms. The van der Waals surface area contributed by atoms with Gasteiger partial charge in [0.05, 0.1) is 6.20 Å². The second-order valence-electron chi connectivity index (χ2n) is 4.00. The number of hydrogen-bond donors (Lipinski definition) is 1. The molecule has 0 fully saturated rings. The number of ether oxygens (including phenoxy) is 1. The molecule has 88 valence electrons. The molecule has 1 aromatic carbocycles. The van der Waals surface area contributed by atoms with Gasteiger partial charge in [0.1, 0.15) is 12.2 Å². The third kappa shape index (κ3) is 2.36. The SMILES string of the molecule is Cc1ccc(COC2=NC=C2C(=O)O)c(C)c1. The number of rotatable bonds is 3. The summed E-state index contributed by atoms with van der Waals surface area (Å²) in [6, 6.07) is 6.05. The van der Waals surface area contributed by atoms with E-state index < -0.39 is 5.97 Å². The number of carboxylic acid groups (broad SMARTS) is 1. The highest BCUT2D eigenvalue weighted by Gasteiger charge is 2.22. The predicted octanol–water partition coefficient (Wildman–Crippen LogP) is 2.20. The van der Waals surface area contributed by atoms with Crippen LogP contribution in [-0.2, 0) is 16.1 Å². The Balaban J connectivity index is 1.98. The van der Waals surface area contributed by atoms with Gasteiger partial charge in [-0.1, -0.05) is 23.8 Å². The van der Waals surface area contributed by atoms with E-state index >= 15 is 0 Å². The summed E-state index contributed by atoms with van der Waals surface area (Å²) < 4.78 is 5.36. The standard InChI is InChI=1S/C13H13NO3/c1-8-3-4-10(9(2)5-8)7-17-12-11(6-14-12)13(15)16/h3-6H,7H2,1-2H3,(H,15,16). The van der Waals surface area contributed by atoms with Crippen molar-refractivity contribution in [2.75, 3.05) is 0 Å². The Morgan fingerprint density at radius 2 is 2.18 bits per heavy atom. The Kier molecular flexibility index (Phi) is 2.95. The lowest BCUT2D eigenvalue weighted by Gasteiger charge is -2.14. The minimum atomic E-state index is -1.00. The zero-order valence-corrected chi connectivity index (χ0v) is 9.73. The molecule has 0 unspecified atom stereocenters. The van der Waals surface area contributed by atoms with Gasteiger partial charge in [-0.15, -0.1) is 0 Å². The van der Waals surface area contributed by atoms with E-state index in [1.807, 2.05) is 26.0 Å². The van der Waals surface area contributed by atoms with Crippen LogP contribution in [0.4, 0.5) is 0 Å². The van der Waals surface area contributed by atoms with Crippen molar-refractivity contribution in [2.24, 2.45) is 4.99 Å². The molecule has 1 aliphatic rings. The maximum absolute atomic E-state index is 10.7. The van der Waals surface area contributed by atoms with Crippen molar-refractivity contribution in [3.8, 4) is 0 Å². The van der Waals surface area contributed by atoms with Gasteiger partial charge in [-0.25, -0.2) is 9.79 Å². The monoisotopic (exact) mass is 231 g/mol. The lowest BCUT2D eigenvalue weighted by Crippen LogP contribution is -2.20. The molecule has 1 heterocycles. The molecule has 4 heteroatoms. The van der Waals surface area contributed by atoms with Crippen LogP contribution < -0.4 is 0 Å². The maximum atomic E-state index is 10.7. The second-order valence-corrected chi connectivity index (χ2v) is 4.00. The second kappa shape index (κ2) is 4.41. The molecule has 2 rings (SSSR count). The number of aryl methyl sites for hydroxylation is 2. The molecule has 0 saturated heterocycles. The van der Waals surface area contributed by atoms with Crippen molar-refractivity contribution in [1.29, 1.82) is 0 Å². The first-order chi connectivity index (χ1) is 8.08. The number of nitrogens with zero attached hydrogens (tertiary/aromatic N) is 1. The van der Waals surface area contributed by atoms with Crippen LogP contribution in [0, 0.1) is 13.8 Å². The summed E-state index contributed by atoms with van der Waals surface area (Å²) in [4.78, 5) is 14.5. The summed E-state index contributed by atoms with van der Waals surface area (Å²) in [5.41, 5.74) is 3.49. The molecular formula is C13H13NO3. The summed E-state index contributed by atoms with van der Waals surface area (Å²) >= 11 is 0. The number of hydrogen-bond acceptors (Lipinski definition) is 3. The Bertz CT molecular complexity index is 529. The molecule has 0 radical (unpaired) electrons. The summed E-state index contributed by atoms with van der Waals surface area (Å²) in [7, 11) is 0. The zero-order valence-electron chi connectivity index (χ0n) is 9.73. The largest absolute Gasteiger partial charge is 0.477 e. The zero-order chi connectivity index (χ0) is 12.4. The quantitative estimate of drug-likeness (QED) is 0.867. The summed E-state index contributed by atoms with van der Waals surface area (Å²) in [5, 5.41) is 8.76. The molecular weight excluding hydrogens is 218 g/mol.